The third-order valence-corrected chi connectivity index (χ3v) is 8.33. The van der Waals surface area contributed by atoms with E-state index < -0.39 is 9.84 Å². The molecule has 29 heavy (non-hydrogen) atoms. The van der Waals surface area contributed by atoms with Crippen LogP contribution in [0.1, 0.15) is 19.8 Å². The molecule has 1 aliphatic heterocycles. The highest BCUT2D eigenvalue weighted by atomic mass is 32.2. The van der Waals surface area contributed by atoms with Crippen LogP contribution in [0.25, 0.3) is 0 Å². The third kappa shape index (κ3) is 5.34. The van der Waals surface area contributed by atoms with E-state index in [4.69, 9.17) is 0 Å². The number of amides is 2. The van der Waals surface area contributed by atoms with Crippen molar-refractivity contribution in [3.05, 3.63) is 42.5 Å². The Balaban J connectivity index is 1.66. The van der Waals surface area contributed by atoms with E-state index in [0.29, 0.717) is 17.8 Å². The van der Waals surface area contributed by atoms with Crippen LogP contribution in [0, 0.1) is 0 Å². The van der Waals surface area contributed by atoms with Gasteiger partial charge in [0.25, 0.3) is 0 Å². The minimum absolute atomic E-state index is 0.101. The molecule has 0 bridgehead atoms. The molecule has 1 atom stereocenters. The molecule has 154 valence electrons. The summed E-state index contributed by atoms with van der Waals surface area (Å²) in [4.78, 5) is 26.2. The SMILES string of the molecule is CC[C@H]1Sc2ccc(S(=O)(=O)CCC(=O)Nc3cccc(SC)c3)cc2NC1=O. The maximum Gasteiger partial charge on any atom is 0.237 e. The van der Waals surface area contributed by atoms with Crippen LogP contribution in [0.4, 0.5) is 11.4 Å². The predicted molar refractivity (Wildman–Crippen MR) is 119 cm³/mol. The van der Waals surface area contributed by atoms with Crippen LogP contribution in [0.15, 0.2) is 57.2 Å². The van der Waals surface area contributed by atoms with Gasteiger partial charge in [-0.2, -0.15) is 0 Å². The molecule has 0 saturated carbocycles. The quantitative estimate of drug-likeness (QED) is 0.619. The highest BCUT2D eigenvalue weighted by Gasteiger charge is 2.27. The maximum atomic E-state index is 12.7. The molecule has 6 nitrogen and oxygen atoms in total. The zero-order chi connectivity index (χ0) is 21.0. The Kier molecular flexibility index (Phi) is 6.92. The number of anilines is 2. The number of carbonyl (C=O) groups excluding carboxylic acids is 2. The second-order valence-corrected chi connectivity index (χ2v) is 10.7. The topological polar surface area (TPSA) is 92.3 Å². The van der Waals surface area contributed by atoms with Gasteiger partial charge in [-0.05, 0) is 49.1 Å². The molecule has 0 aromatic heterocycles. The monoisotopic (exact) mass is 450 g/mol. The van der Waals surface area contributed by atoms with Crippen molar-refractivity contribution in [2.45, 2.75) is 39.7 Å². The molecule has 1 heterocycles. The zero-order valence-electron chi connectivity index (χ0n) is 16.1. The summed E-state index contributed by atoms with van der Waals surface area (Å²) in [5.74, 6) is -0.788. The molecular weight excluding hydrogens is 428 g/mol. The maximum absolute atomic E-state index is 12.7. The number of thioether (sulfide) groups is 2. The van der Waals surface area contributed by atoms with Crippen molar-refractivity contribution in [3.63, 3.8) is 0 Å². The van der Waals surface area contributed by atoms with Crippen molar-refractivity contribution in [1.29, 1.82) is 0 Å². The van der Waals surface area contributed by atoms with Gasteiger partial charge in [0.15, 0.2) is 9.84 Å². The molecule has 0 radical (unpaired) electrons. The van der Waals surface area contributed by atoms with Gasteiger partial charge < -0.3 is 10.6 Å². The lowest BCUT2D eigenvalue weighted by Crippen LogP contribution is -2.28. The fourth-order valence-corrected chi connectivity index (χ4v) is 5.61. The summed E-state index contributed by atoms with van der Waals surface area (Å²) in [6.07, 6.45) is 2.49. The lowest BCUT2D eigenvalue weighted by atomic mass is 10.2. The molecule has 2 amide bonds. The average molecular weight is 451 g/mol. The van der Waals surface area contributed by atoms with Crippen molar-refractivity contribution in [3.8, 4) is 0 Å². The Morgan fingerprint density at radius 1 is 1.24 bits per heavy atom. The lowest BCUT2D eigenvalue weighted by Gasteiger charge is -2.23. The smallest absolute Gasteiger partial charge is 0.237 e. The van der Waals surface area contributed by atoms with Crippen molar-refractivity contribution in [1.82, 2.24) is 0 Å². The third-order valence-electron chi connectivity index (χ3n) is 4.45. The molecule has 3 rings (SSSR count). The summed E-state index contributed by atoms with van der Waals surface area (Å²) in [5.41, 5.74) is 1.14. The van der Waals surface area contributed by atoms with Crippen LogP contribution in [0.3, 0.4) is 0 Å². The summed E-state index contributed by atoms with van der Waals surface area (Å²) in [7, 11) is -3.66. The number of sulfone groups is 1. The van der Waals surface area contributed by atoms with E-state index in [2.05, 4.69) is 10.6 Å². The van der Waals surface area contributed by atoms with E-state index in [-0.39, 0.29) is 34.1 Å². The molecule has 9 heteroatoms. The number of hydrogen-bond donors (Lipinski definition) is 2. The molecule has 0 spiro atoms. The first-order chi connectivity index (χ1) is 13.8. The van der Waals surface area contributed by atoms with Gasteiger partial charge in [-0.1, -0.05) is 13.0 Å². The van der Waals surface area contributed by atoms with E-state index in [0.717, 1.165) is 9.79 Å². The molecule has 2 aromatic carbocycles. The number of benzene rings is 2. The van der Waals surface area contributed by atoms with Crippen LogP contribution in [-0.2, 0) is 19.4 Å². The van der Waals surface area contributed by atoms with Crippen LogP contribution in [0.5, 0.6) is 0 Å². The van der Waals surface area contributed by atoms with Gasteiger partial charge in [-0.3, -0.25) is 9.59 Å². The van der Waals surface area contributed by atoms with Gasteiger partial charge >= 0.3 is 0 Å². The number of fused-ring (bicyclic) bond motifs is 1. The highest BCUT2D eigenvalue weighted by Crippen LogP contribution is 2.38. The van der Waals surface area contributed by atoms with Gasteiger partial charge in [-0.15, -0.1) is 23.5 Å². The Hall–Kier alpha value is -1.97. The summed E-state index contributed by atoms with van der Waals surface area (Å²) >= 11 is 2.99. The Morgan fingerprint density at radius 3 is 2.76 bits per heavy atom. The molecule has 1 aliphatic rings. The molecular formula is C20H22N2O4S3. The van der Waals surface area contributed by atoms with Crippen LogP contribution < -0.4 is 10.6 Å². The standard InChI is InChI=1S/C20H22N2O4S3/c1-3-17-20(24)22-16-12-15(7-8-18(16)28-17)29(25,26)10-9-19(23)21-13-5-4-6-14(11-13)27-2/h4-8,11-12,17H,3,9-10H2,1-2H3,(H,21,23)(H,22,24)/t17-/m1/s1. The molecule has 0 aliphatic carbocycles. The molecule has 2 N–H and O–H groups in total. The first kappa shape index (κ1) is 21.7. The first-order valence-corrected chi connectivity index (χ1v) is 12.9. The lowest BCUT2D eigenvalue weighted by molar-refractivity contribution is -0.116. The van der Waals surface area contributed by atoms with E-state index >= 15 is 0 Å². The van der Waals surface area contributed by atoms with E-state index in [1.54, 1.807) is 23.9 Å². The van der Waals surface area contributed by atoms with E-state index in [1.807, 2.05) is 31.4 Å². The molecule has 0 unspecified atom stereocenters. The fourth-order valence-electron chi connectivity index (χ4n) is 2.86. The van der Waals surface area contributed by atoms with E-state index in [9.17, 15) is 18.0 Å². The number of nitrogens with one attached hydrogen (secondary N) is 2. The number of carbonyl (C=O) groups is 2. The predicted octanol–water partition coefficient (Wildman–Crippen LogP) is 4.03. The number of hydrogen-bond acceptors (Lipinski definition) is 6. The molecule has 0 fully saturated rings. The minimum Gasteiger partial charge on any atom is -0.326 e. The van der Waals surface area contributed by atoms with Gasteiger partial charge in [0.1, 0.15) is 0 Å². The largest absolute Gasteiger partial charge is 0.326 e. The molecule has 0 saturated heterocycles. The van der Waals surface area contributed by atoms with Gasteiger partial charge in [0, 0.05) is 21.9 Å². The van der Waals surface area contributed by atoms with Crippen molar-refractivity contribution in [2.75, 3.05) is 22.6 Å². The Labute approximate surface area is 179 Å². The van der Waals surface area contributed by atoms with Crippen LogP contribution >= 0.6 is 23.5 Å². The summed E-state index contributed by atoms with van der Waals surface area (Å²) < 4.78 is 25.3. The summed E-state index contributed by atoms with van der Waals surface area (Å²) in [6, 6.07) is 12.1. The average Bonchev–Trinajstić information content (AvgIpc) is 2.71. The first-order valence-electron chi connectivity index (χ1n) is 9.10. The van der Waals surface area contributed by atoms with Crippen LogP contribution in [-0.4, -0.2) is 37.5 Å². The van der Waals surface area contributed by atoms with Gasteiger partial charge in [0.2, 0.25) is 11.8 Å². The van der Waals surface area contributed by atoms with Crippen molar-refractivity contribution in [2.24, 2.45) is 0 Å². The van der Waals surface area contributed by atoms with Crippen LogP contribution in [0.2, 0.25) is 0 Å². The van der Waals surface area contributed by atoms with Gasteiger partial charge in [-0.25, -0.2) is 8.42 Å². The number of rotatable bonds is 7. The van der Waals surface area contributed by atoms with Crippen molar-refractivity contribution < 1.29 is 18.0 Å². The Morgan fingerprint density at radius 2 is 2.03 bits per heavy atom. The zero-order valence-corrected chi connectivity index (χ0v) is 18.5. The second kappa shape index (κ2) is 9.23. The normalized spacial score (nSPS) is 16.1. The van der Waals surface area contributed by atoms with E-state index in [1.165, 1.54) is 23.9 Å². The highest BCUT2D eigenvalue weighted by molar-refractivity contribution is 8.01. The minimum atomic E-state index is -3.66. The second-order valence-electron chi connectivity index (χ2n) is 6.51. The fraction of sp³-hybridized carbons (Fsp3) is 0.300. The van der Waals surface area contributed by atoms with Crippen molar-refractivity contribution >= 4 is 56.6 Å². The summed E-state index contributed by atoms with van der Waals surface area (Å²) in [5, 5.41) is 5.34. The van der Waals surface area contributed by atoms with Gasteiger partial charge in [0.05, 0.1) is 21.6 Å². The summed E-state index contributed by atoms with van der Waals surface area (Å²) in [6.45, 7) is 1.93. The molecule has 2 aromatic rings. The Bertz CT molecular complexity index is 1040.